The van der Waals surface area contributed by atoms with Crippen molar-refractivity contribution < 1.29 is 9.90 Å². The van der Waals surface area contributed by atoms with Gasteiger partial charge in [-0.15, -0.1) is 0 Å². The van der Waals surface area contributed by atoms with Crippen molar-refractivity contribution >= 4 is 11.9 Å². The van der Waals surface area contributed by atoms with Gasteiger partial charge in [0.15, 0.2) is 0 Å². The van der Waals surface area contributed by atoms with Crippen LogP contribution in [-0.2, 0) is 4.79 Å². The van der Waals surface area contributed by atoms with Gasteiger partial charge in [-0.1, -0.05) is 6.92 Å². The molecule has 0 bridgehead atoms. The van der Waals surface area contributed by atoms with Crippen LogP contribution in [0.5, 0.6) is 0 Å². The van der Waals surface area contributed by atoms with Gasteiger partial charge in [-0.25, -0.2) is 9.97 Å². The molecule has 1 aromatic rings. The molecule has 0 saturated carbocycles. The van der Waals surface area contributed by atoms with Gasteiger partial charge in [0.05, 0.1) is 5.92 Å². The van der Waals surface area contributed by atoms with E-state index in [1.165, 1.54) is 0 Å². The molecule has 0 aliphatic carbocycles. The second-order valence-corrected chi connectivity index (χ2v) is 5.11. The normalized spacial score (nSPS) is 17.9. The van der Waals surface area contributed by atoms with E-state index in [4.69, 9.17) is 5.11 Å². The van der Waals surface area contributed by atoms with Crippen molar-refractivity contribution in [3.05, 3.63) is 18.5 Å². The maximum Gasteiger partial charge on any atom is 0.306 e. The monoisotopic (exact) mass is 278 g/mol. The van der Waals surface area contributed by atoms with Gasteiger partial charge >= 0.3 is 5.97 Å². The zero-order valence-corrected chi connectivity index (χ0v) is 11.9. The minimum Gasteiger partial charge on any atom is -0.481 e. The van der Waals surface area contributed by atoms with Crippen LogP contribution in [0.2, 0.25) is 0 Å². The second kappa shape index (κ2) is 7.19. The molecule has 1 atom stereocenters. The molecule has 0 aromatic carbocycles. The highest BCUT2D eigenvalue weighted by molar-refractivity contribution is 5.69. The highest BCUT2D eigenvalue weighted by Gasteiger charge is 2.21. The highest BCUT2D eigenvalue weighted by atomic mass is 16.4. The minimum atomic E-state index is -0.677. The summed E-state index contributed by atoms with van der Waals surface area (Å²) in [4.78, 5) is 24.0. The number of aromatic nitrogens is 2. The summed E-state index contributed by atoms with van der Waals surface area (Å²) in [6.45, 7) is 6.46. The van der Waals surface area contributed by atoms with Crippen LogP contribution in [0.1, 0.15) is 19.8 Å². The van der Waals surface area contributed by atoms with Gasteiger partial charge in [-0.3, -0.25) is 9.69 Å². The van der Waals surface area contributed by atoms with Crippen molar-refractivity contribution in [3.63, 3.8) is 0 Å². The van der Waals surface area contributed by atoms with Crippen molar-refractivity contribution in [2.24, 2.45) is 5.92 Å². The Morgan fingerprint density at radius 1 is 1.30 bits per heavy atom. The lowest BCUT2D eigenvalue weighted by atomic mass is 10.0. The number of piperazine rings is 1. The van der Waals surface area contributed by atoms with E-state index in [1.54, 1.807) is 12.4 Å². The summed E-state index contributed by atoms with van der Waals surface area (Å²) in [5, 5.41) is 9.05. The fourth-order valence-electron chi connectivity index (χ4n) is 2.47. The number of nitrogens with zero attached hydrogens (tertiary/aromatic N) is 4. The zero-order chi connectivity index (χ0) is 14.4. The molecule has 6 heteroatoms. The molecule has 1 unspecified atom stereocenters. The first-order valence-corrected chi connectivity index (χ1v) is 7.18. The number of carbonyl (C=O) groups is 1. The lowest BCUT2D eigenvalue weighted by Gasteiger charge is -2.35. The summed E-state index contributed by atoms with van der Waals surface area (Å²) >= 11 is 0. The minimum absolute atomic E-state index is 0.217. The van der Waals surface area contributed by atoms with E-state index in [0.717, 1.165) is 45.1 Å². The van der Waals surface area contributed by atoms with Gasteiger partial charge in [0.2, 0.25) is 5.95 Å². The number of rotatable bonds is 6. The van der Waals surface area contributed by atoms with Gasteiger partial charge in [0.1, 0.15) is 0 Å². The Morgan fingerprint density at radius 2 is 1.95 bits per heavy atom. The van der Waals surface area contributed by atoms with Gasteiger partial charge in [-0.2, -0.15) is 0 Å². The van der Waals surface area contributed by atoms with E-state index in [2.05, 4.69) is 19.8 Å². The molecular formula is C14H22N4O2. The van der Waals surface area contributed by atoms with Crippen molar-refractivity contribution in [3.8, 4) is 0 Å². The number of carboxylic acids is 1. The van der Waals surface area contributed by atoms with E-state index in [-0.39, 0.29) is 5.92 Å². The van der Waals surface area contributed by atoms with Crippen molar-refractivity contribution in [1.29, 1.82) is 0 Å². The van der Waals surface area contributed by atoms with Crippen LogP contribution in [0.4, 0.5) is 5.95 Å². The Hall–Kier alpha value is -1.69. The van der Waals surface area contributed by atoms with E-state index in [1.807, 2.05) is 13.0 Å². The maximum atomic E-state index is 11.0. The lowest BCUT2D eigenvalue weighted by Crippen LogP contribution is -2.47. The molecule has 0 amide bonds. The third-order valence-corrected chi connectivity index (χ3v) is 3.84. The van der Waals surface area contributed by atoms with Gasteiger partial charge < -0.3 is 10.0 Å². The topological polar surface area (TPSA) is 69.6 Å². The molecule has 1 aromatic heterocycles. The second-order valence-electron chi connectivity index (χ2n) is 5.11. The van der Waals surface area contributed by atoms with Crippen LogP contribution in [0, 0.1) is 5.92 Å². The number of carboxylic acid groups (broad SMARTS) is 1. The lowest BCUT2D eigenvalue weighted by molar-refractivity contribution is -0.142. The first-order valence-electron chi connectivity index (χ1n) is 7.18. The summed E-state index contributed by atoms with van der Waals surface area (Å²) in [7, 11) is 0. The number of hydrogen-bond donors (Lipinski definition) is 1. The Morgan fingerprint density at radius 3 is 2.50 bits per heavy atom. The first kappa shape index (κ1) is 14.7. The molecular weight excluding hydrogens is 256 g/mol. The Balaban J connectivity index is 1.76. The molecule has 1 N–H and O–H groups in total. The van der Waals surface area contributed by atoms with Crippen LogP contribution < -0.4 is 4.90 Å². The van der Waals surface area contributed by atoms with Crippen LogP contribution in [0.25, 0.3) is 0 Å². The molecule has 110 valence electrons. The van der Waals surface area contributed by atoms with Crippen molar-refractivity contribution in [1.82, 2.24) is 14.9 Å². The average molecular weight is 278 g/mol. The van der Waals surface area contributed by atoms with E-state index in [9.17, 15) is 4.79 Å². The van der Waals surface area contributed by atoms with Crippen LogP contribution in [0.15, 0.2) is 18.5 Å². The molecule has 1 aliphatic heterocycles. The summed E-state index contributed by atoms with van der Waals surface area (Å²) in [6, 6.07) is 1.82. The smallest absolute Gasteiger partial charge is 0.306 e. The Bertz CT molecular complexity index is 418. The number of hydrogen-bond acceptors (Lipinski definition) is 5. The fourth-order valence-corrected chi connectivity index (χ4v) is 2.47. The van der Waals surface area contributed by atoms with Gasteiger partial charge in [-0.05, 0) is 25.5 Å². The van der Waals surface area contributed by atoms with Crippen molar-refractivity contribution in [2.75, 3.05) is 37.6 Å². The standard InChI is InChI=1S/C14H22N4O2/c1-2-12(13(19)20)4-7-17-8-10-18(11-9-17)14-15-5-3-6-16-14/h3,5-6,12H,2,4,7-11H2,1H3,(H,19,20). The third-order valence-electron chi connectivity index (χ3n) is 3.84. The zero-order valence-electron chi connectivity index (χ0n) is 11.9. The summed E-state index contributed by atoms with van der Waals surface area (Å²) < 4.78 is 0. The summed E-state index contributed by atoms with van der Waals surface area (Å²) in [6.07, 6.45) is 4.95. The van der Waals surface area contributed by atoms with Crippen LogP contribution in [-0.4, -0.2) is 58.7 Å². The quantitative estimate of drug-likeness (QED) is 0.840. The first-order chi connectivity index (χ1) is 9.70. The number of aliphatic carboxylic acids is 1. The molecule has 1 aliphatic rings. The van der Waals surface area contributed by atoms with Gasteiger partial charge in [0, 0.05) is 38.6 Å². The largest absolute Gasteiger partial charge is 0.481 e. The molecule has 20 heavy (non-hydrogen) atoms. The predicted octanol–water partition coefficient (Wildman–Crippen LogP) is 1.10. The molecule has 1 fully saturated rings. The molecule has 2 heterocycles. The maximum absolute atomic E-state index is 11.0. The predicted molar refractivity (Wildman–Crippen MR) is 76.7 cm³/mol. The van der Waals surface area contributed by atoms with E-state index < -0.39 is 5.97 Å². The summed E-state index contributed by atoms with van der Waals surface area (Å²) in [5.74, 6) is -0.113. The Kier molecular flexibility index (Phi) is 5.29. The SMILES string of the molecule is CCC(CCN1CCN(c2ncccn2)CC1)C(=O)O. The number of anilines is 1. The fraction of sp³-hybridized carbons (Fsp3) is 0.643. The molecule has 2 rings (SSSR count). The van der Waals surface area contributed by atoms with Crippen LogP contribution in [0.3, 0.4) is 0 Å². The molecule has 6 nitrogen and oxygen atoms in total. The molecule has 0 spiro atoms. The van der Waals surface area contributed by atoms with E-state index in [0.29, 0.717) is 6.42 Å². The highest BCUT2D eigenvalue weighted by Crippen LogP contribution is 2.13. The Labute approximate surface area is 119 Å². The molecule has 1 saturated heterocycles. The molecule has 0 radical (unpaired) electrons. The van der Waals surface area contributed by atoms with Gasteiger partial charge in [0.25, 0.3) is 0 Å². The third kappa shape index (κ3) is 3.90. The van der Waals surface area contributed by atoms with Crippen molar-refractivity contribution in [2.45, 2.75) is 19.8 Å². The average Bonchev–Trinajstić information content (AvgIpc) is 2.49. The summed E-state index contributed by atoms with van der Waals surface area (Å²) in [5.41, 5.74) is 0. The van der Waals surface area contributed by atoms with E-state index >= 15 is 0 Å². The van der Waals surface area contributed by atoms with Crippen LogP contribution >= 0.6 is 0 Å².